The van der Waals surface area contributed by atoms with Crippen LogP contribution >= 0.6 is 23.2 Å². The van der Waals surface area contributed by atoms with E-state index >= 15 is 0 Å². The molecule has 0 aliphatic carbocycles. The first-order valence-corrected chi connectivity index (χ1v) is 13.2. The Hall–Kier alpha value is -3.88. The predicted molar refractivity (Wildman–Crippen MR) is 151 cm³/mol. The number of fused-ring (bicyclic) bond motifs is 4. The molecule has 2 amide bonds. The maximum Gasteiger partial charge on any atom is 0.280 e. The molecule has 8 nitrogen and oxygen atoms in total. The Morgan fingerprint density at radius 2 is 1.74 bits per heavy atom. The van der Waals surface area contributed by atoms with Crippen LogP contribution in [0.25, 0.3) is 11.4 Å². The lowest BCUT2D eigenvalue weighted by molar-refractivity contribution is -0.119. The number of rotatable bonds is 4. The number of aryl methyl sites for hydroxylation is 2. The third-order valence-corrected chi connectivity index (χ3v) is 7.81. The van der Waals surface area contributed by atoms with Gasteiger partial charge >= 0.3 is 0 Å². The average molecular weight is 562 g/mol. The van der Waals surface area contributed by atoms with Gasteiger partial charge in [0.25, 0.3) is 11.8 Å². The van der Waals surface area contributed by atoms with Gasteiger partial charge in [-0.2, -0.15) is 0 Å². The number of hydrogen-bond donors (Lipinski definition) is 1. The first-order valence-electron chi connectivity index (χ1n) is 12.5. The second-order valence-corrected chi connectivity index (χ2v) is 10.9. The number of hydrogen-bond acceptors (Lipinski definition) is 5. The number of ether oxygens (including phenoxy) is 1. The zero-order valence-corrected chi connectivity index (χ0v) is 23.5. The van der Waals surface area contributed by atoms with Crippen LogP contribution in [0.4, 0.5) is 11.4 Å². The van der Waals surface area contributed by atoms with Crippen LogP contribution in [0.2, 0.25) is 10.0 Å². The fraction of sp³-hybridized carbons (Fsp3) is 0.241. The van der Waals surface area contributed by atoms with Gasteiger partial charge in [0, 0.05) is 45.3 Å². The first-order chi connectivity index (χ1) is 18.6. The Labute approximate surface area is 235 Å². The largest absolute Gasteiger partial charge is 0.496 e. The highest BCUT2D eigenvalue weighted by Crippen LogP contribution is 2.55. The summed E-state index contributed by atoms with van der Waals surface area (Å²) < 4.78 is 7.61. The molecule has 0 radical (unpaired) electrons. The fourth-order valence-corrected chi connectivity index (χ4v) is 6.04. The third kappa shape index (κ3) is 3.44. The lowest BCUT2D eigenvalue weighted by Gasteiger charge is -2.36. The van der Waals surface area contributed by atoms with Crippen molar-refractivity contribution >= 4 is 46.4 Å². The van der Waals surface area contributed by atoms with Crippen molar-refractivity contribution < 1.29 is 14.3 Å². The van der Waals surface area contributed by atoms with Crippen LogP contribution in [0.1, 0.15) is 52.9 Å². The van der Waals surface area contributed by atoms with Crippen molar-refractivity contribution in [2.24, 2.45) is 0 Å². The summed E-state index contributed by atoms with van der Waals surface area (Å²) in [4.78, 5) is 39.6. The molecule has 0 saturated carbocycles. The molecule has 1 N–H and O–H groups in total. The number of carbonyl (C=O) groups is 2. The van der Waals surface area contributed by atoms with Crippen molar-refractivity contribution in [2.75, 3.05) is 17.3 Å². The summed E-state index contributed by atoms with van der Waals surface area (Å²) in [5, 5.41) is 3.90. The number of nitrogens with zero attached hydrogens (tertiary/aromatic N) is 4. The number of amides is 2. The molecule has 2 aliphatic rings. The quantitative estimate of drug-likeness (QED) is 0.315. The molecule has 1 atom stereocenters. The molecule has 2 aromatic heterocycles. The lowest BCUT2D eigenvalue weighted by Crippen LogP contribution is -2.51. The van der Waals surface area contributed by atoms with Gasteiger partial charge in [0.2, 0.25) is 0 Å². The molecule has 10 heteroatoms. The molecular formula is C29H25Cl2N5O3. The van der Waals surface area contributed by atoms with Crippen molar-refractivity contribution in [1.82, 2.24) is 14.5 Å². The number of methoxy groups -OCH3 is 1. The summed E-state index contributed by atoms with van der Waals surface area (Å²) in [5.41, 5.74) is 2.94. The van der Waals surface area contributed by atoms with Crippen molar-refractivity contribution in [3.05, 3.63) is 86.9 Å². The number of halogens is 2. The summed E-state index contributed by atoms with van der Waals surface area (Å²) in [5.74, 6) is 0.270. The average Bonchev–Trinajstić information content (AvgIpc) is 3.49. The van der Waals surface area contributed by atoms with E-state index in [9.17, 15) is 9.59 Å². The molecule has 39 heavy (non-hydrogen) atoms. The molecule has 0 saturated heterocycles. The topological polar surface area (TPSA) is 89.3 Å². The van der Waals surface area contributed by atoms with Crippen molar-refractivity contribution in [1.29, 1.82) is 0 Å². The smallest absolute Gasteiger partial charge is 0.280 e. The number of aromatic nitrogens is 3. The number of carbonyl (C=O) groups excluding carboxylic acids is 2. The van der Waals surface area contributed by atoms with Gasteiger partial charge in [-0.1, -0.05) is 35.3 Å². The summed E-state index contributed by atoms with van der Waals surface area (Å²) in [6, 6.07) is 12.1. The van der Waals surface area contributed by atoms with Crippen LogP contribution in [0.3, 0.4) is 0 Å². The van der Waals surface area contributed by atoms with Gasteiger partial charge in [0.05, 0.1) is 24.1 Å². The minimum Gasteiger partial charge on any atom is -0.496 e. The molecule has 0 bridgehead atoms. The monoisotopic (exact) mass is 561 g/mol. The predicted octanol–water partition coefficient (Wildman–Crippen LogP) is 6.31. The van der Waals surface area contributed by atoms with Crippen LogP contribution < -0.4 is 15.0 Å². The molecule has 2 aromatic carbocycles. The van der Waals surface area contributed by atoms with E-state index < -0.39 is 11.4 Å². The zero-order chi connectivity index (χ0) is 27.8. The van der Waals surface area contributed by atoms with E-state index in [1.54, 1.807) is 43.6 Å². The normalized spacial score (nSPS) is 17.7. The first kappa shape index (κ1) is 25.4. The van der Waals surface area contributed by atoms with Gasteiger partial charge in [0.15, 0.2) is 11.2 Å². The highest BCUT2D eigenvalue weighted by molar-refractivity contribution is 6.32. The maximum atomic E-state index is 14.4. The molecule has 6 rings (SSSR count). The second kappa shape index (κ2) is 8.83. The van der Waals surface area contributed by atoms with E-state index in [-0.39, 0.29) is 17.6 Å². The number of anilines is 2. The van der Waals surface area contributed by atoms with Gasteiger partial charge in [-0.3, -0.25) is 19.5 Å². The zero-order valence-electron chi connectivity index (χ0n) is 22.0. The minimum atomic E-state index is -1.55. The Morgan fingerprint density at radius 1 is 1.03 bits per heavy atom. The van der Waals surface area contributed by atoms with Gasteiger partial charge in [0.1, 0.15) is 11.6 Å². The number of pyridine rings is 1. The molecule has 198 valence electrons. The summed E-state index contributed by atoms with van der Waals surface area (Å²) in [6.45, 7) is 7.72. The van der Waals surface area contributed by atoms with E-state index in [0.717, 1.165) is 11.3 Å². The molecule has 1 spiro atoms. The van der Waals surface area contributed by atoms with Crippen LogP contribution in [-0.4, -0.2) is 33.5 Å². The van der Waals surface area contributed by atoms with Gasteiger partial charge in [-0.25, -0.2) is 4.98 Å². The Balaban J connectivity index is 1.74. The number of imidazole rings is 1. The number of benzene rings is 2. The number of nitrogens with one attached hydrogen (secondary N) is 1. The third-order valence-electron chi connectivity index (χ3n) is 7.34. The van der Waals surface area contributed by atoms with Gasteiger partial charge in [-0.05, 0) is 57.5 Å². The van der Waals surface area contributed by atoms with Gasteiger partial charge in [-0.15, -0.1) is 0 Å². The highest BCUT2D eigenvalue weighted by atomic mass is 35.5. The molecular weight excluding hydrogens is 537 g/mol. The van der Waals surface area contributed by atoms with Crippen LogP contribution in [-0.2, 0) is 10.3 Å². The Kier molecular flexibility index (Phi) is 5.75. The fourth-order valence-electron chi connectivity index (χ4n) is 5.70. The molecule has 1 unspecified atom stereocenters. The van der Waals surface area contributed by atoms with Crippen LogP contribution in [0.15, 0.2) is 48.7 Å². The van der Waals surface area contributed by atoms with E-state index in [2.05, 4.69) is 10.3 Å². The van der Waals surface area contributed by atoms with E-state index in [1.165, 1.54) is 4.90 Å². The van der Waals surface area contributed by atoms with E-state index in [4.69, 9.17) is 32.9 Å². The molecule has 4 aromatic rings. The van der Waals surface area contributed by atoms with Gasteiger partial charge < -0.3 is 14.6 Å². The maximum absolute atomic E-state index is 14.4. The Morgan fingerprint density at radius 3 is 2.46 bits per heavy atom. The molecule has 0 fully saturated rings. The SMILES string of the molecule is COc1cc(C)ncc1-c1nc2c(n1C(C)C)C1(C(=O)Nc3cc(Cl)ccc31)N(c1cc(Cl)ccc1C)C2=O. The lowest BCUT2D eigenvalue weighted by atomic mass is 9.86. The molecule has 2 aliphatic heterocycles. The Bertz CT molecular complexity index is 1710. The minimum absolute atomic E-state index is 0.179. The van der Waals surface area contributed by atoms with Crippen molar-refractivity contribution in [3.8, 4) is 17.1 Å². The van der Waals surface area contributed by atoms with Crippen molar-refractivity contribution in [2.45, 2.75) is 39.3 Å². The summed E-state index contributed by atoms with van der Waals surface area (Å²) in [6.07, 6.45) is 1.68. The standard InChI is InChI=1S/C29H25Cl2N5O3/c1-14(2)35-25-24(34-26(35)19-13-32-16(4)10-23(19)39-5)27(37)36(22-12-18(31)7-6-15(22)3)29(25)20-9-8-17(30)11-21(20)33-28(29)38/h6-14H,1-5H3,(H,33,38). The van der Waals surface area contributed by atoms with Crippen LogP contribution in [0, 0.1) is 13.8 Å². The summed E-state index contributed by atoms with van der Waals surface area (Å²) in [7, 11) is 1.58. The van der Waals surface area contributed by atoms with E-state index in [0.29, 0.717) is 49.8 Å². The summed E-state index contributed by atoms with van der Waals surface area (Å²) >= 11 is 12.7. The highest BCUT2D eigenvalue weighted by Gasteiger charge is 2.64. The second-order valence-electron chi connectivity index (χ2n) is 10.0. The van der Waals surface area contributed by atoms with Crippen LogP contribution in [0.5, 0.6) is 5.75 Å². The van der Waals surface area contributed by atoms with E-state index in [1.807, 2.05) is 44.4 Å². The van der Waals surface area contributed by atoms with Crippen molar-refractivity contribution in [3.63, 3.8) is 0 Å². The molecule has 4 heterocycles.